The number of nitrogens with zero attached hydrogens (tertiary/aromatic N) is 2. The van der Waals surface area contributed by atoms with E-state index < -0.39 is 58.5 Å². The summed E-state index contributed by atoms with van der Waals surface area (Å²) in [5, 5.41) is 29.3. The van der Waals surface area contributed by atoms with Crippen LogP contribution < -0.4 is 11.1 Å². The van der Waals surface area contributed by atoms with Crippen LogP contribution in [0.15, 0.2) is 11.4 Å². The molecule has 1 amide bonds. The number of rotatable bonds is 13. The van der Waals surface area contributed by atoms with Crippen molar-refractivity contribution in [1.29, 1.82) is 0 Å². The predicted molar refractivity (Wildman–Crippen MR) is 103 cm³/mol. The quantitative estimate of drug-likeness (QED) is 0.191. The number of aromatic amines is 1. The van der Waals surface area contributed by atoms with Crippen molar-refractivity contribution in [2.75, 3.05) is 19.8 Å². The second-order valence-corrected chi connectivity index (χ2v) is 8.10. The maximum Gasteiger partial charge on any atom is 0.327 e. The SMILES string of the molecule is CN(C)[C@@H](Cc1cnc(S(=O)C[C@H](NC(=O)CC[C@H](N)C(=O)O)C(=O)O)[nH]1)C(=O)O. The van der Waals surface area contributed by atoms with Crippen molar-refractivity contribution in [3.05, 3.63) is 11.9 Å². The summed E-state index contributed by atoms with van der Waals surface area (Å²) in [5.74, 6) is -4.99. The zero-order valence-electron chi connectivity index (χ0n) is 16.4. The van der Waals surface area contributed by atoms with Gasteiger partial charge in [-0.2, -0.15) is 0 Å². The Morgan fingerprint density at radius 1 is 1.20 bits per heavy atom. The molecule has 168 valence electrons. The lowest BCUT2D eigenvalue weighted by Crippen LogP contribution is -2.45. The molecule has 1 aromatic rings. The van der Waals surface area contributed by atoms with E-state index in [1.165, 1.54) is 11.1 Å². The van der Waals surface area contributed by atoms with Crippen LogP contribution in [-0.4, -0.2) is 96.2 Å². The van der Waals surface area contributed by atoms with Gasteiger partial charge in [-0.1, -0.05) is 0 Å². The molecule has 0 saturated heterocycles. The van der Waals surface area contributed by atoms with Crippen LogP contribution in [0, 0.1) is 0 Å². The van der Waals surface area contributed by atoms with Crippen molar-refractivity contribution in [3.63, 3.8) is 0 Å². The van der Waals surface area contributed by atoms with E-state index in [-0.39, 0.29) is 24.4 Å². The molecule has 30 heavy (non-hydrogen) atoms. The molecule has 7 N–H and O–H groups in total. The van der Waals surface area contributed by atoms with E-state index in [0.29, 0.717) is 5.69 Å². The Kier molecular flexibility index (Phi) is 9.55. The summed E-state index contributed by atoms with van der Waals surface area (Å²) in [4.78, 5) is 53.3. The average Bonchev–Trinajstić information content (AvgIpc) is 3.11. The van der Waals surface area contributed by atoms with Gasteiger partial charge in [0.15, 0.2) is 5.16 Å². The zero-order chi connectivity index (χ0) is 23.0. The third-order valence-electron chi connectivity index (χ3n) is 4.09. The van der Waals surface area contributed by atoms with Gasteiger partial charge in [0.2, 0.25) is 5.91 Å². The maximum atomic E-state index is 12.4. The Hall–Kier alpha value is -2.84. The highest BCUT2D eigenvalue weighted by Gasteiger charge is 2.26. The second-order valence-electron chi connectivity index (χ2n) is 6.69. The molecule has 0 fully saturated rings. The lowest BCUT2D eigenvalue weighted by molar-refractivity contribution is -0.142. The molecule has 0 aliphatic rings. The normalized spacial score (nSPS) is 15.2. The van der Waals surface area contributed by atoms with Gasteiger partial charge in [0.1, 0.15) is 18.1 Å². The van der Waals surface area contributed by atoms with Crippen LogP contribution in [0.25, 0.3) is 0 Å². The van der Waals surface area contributed by atoms with Gasteiger partial charge in [-0.3, -0.25) is 23.5 Å². The number of hydrogen-bond acceptors (Lipinski definition) is 8. The monoisotopic (exact) mass is 447 g/mol. The maximum absolute atomic E-state index is 12.4. The molecule has 0 radical (unpaired) electrons. The molecule has 4 atom stereocenters. The first-order chi connectivity index (χ1) is 13.9. The molecule has 13 nitrogen and oxygen atoms in total. The summed E-state index contributed by atoms with van der Waals surface area (Å²) < 4.78 is 12.4. The number of carboxylic acids is 3. The summed E-state index contributed by atoms with van der Waals surface area (Å²) >= 11 is 0. The number of nitrogens with two attached hydrogens (primary N) is 1. The second kappa shape index (κ2) is 11.4. The van der Waals surface area contributed by atoms with Crippen molar-refractivity contribution in [1.82, 2.24) is 20.2 Å². The molecule has 0 saturated carbocycles. The summed E-state index contributed by atoms with van der Waals surface area (Å²) in [5.41, 5.74) is 5.69. The Labute approximate surface area is 174 Å². The number of aliphatic carboxylic acids is 3. The van der Waals surface area contributed by atoms with Gasteiger partial charge < -0.3 is 31.4 Å². The highest BCUT2D eigenvalue weighted by molar-refractivity contribution is 7.84. The van der Waals surface area contributed by atoms with Crippen LogP contribution in [0.2, 0.25) is 0 Å². The van der Waals surface area contributed by atoms with Crippen LogP contribution in [-0.2, 0) is 36.4 Å². The minimum Gasteiger partial charge on any atom is -0.480 e. The standard InChI is InChI=1S/C16H25N5O8S/c1-21(2)11(15(27)28)5-8-6-18-16(19-8)30(29)7-10(14(25)26)20-12(22)4-3-9(17)13(23)24/h6,9-11H,3-5,7,17H2,1-2H3,(H,18,19)(H,20,22)(H,23,24)(H,25,26)(H,27,28)/t9-,10-,11-,30?/m0/s1. The molecular weight excluding hydrogens is 422 g/mol. The Balaban J connectivity index is 2.72. The predicted octanol–water partition coefficient (Wildman–Crippen LogP) is -2.16. The van der Waals surface area contributed by atoms with Gasteiger partial charge in [-0.25, -0.2) is 9.78 Å². The number of H-pyrrole nitrogens is 1. The van der Waals surface area contributed by atoms with Crippen molar-refractivity contribution >= 4 is 34.6 Å². The van der Waals surface area contributed by atoms with Gasteiger partial charge in [0.05, 0.1) is 16.6 Å². The summed E-state index contributed by atoms with van der Waals surface area (Å²) in [6, 6.07) is -3.59. The number of aromatic nitrogens is 2. The lowest BCUT2D eigenvalue weighted by Gasteiger charge is -2.18. The first-order valence-electron chi connectivity index (χ1n) is 8.74. The topological polar surface area (TPSA) is 216 Å². The molecule has 0 aromatic carbocycles. The van der Waals surface area contributed by atoms with Crippen molar-refractivity contribution in [2.45, 2.75) is 42.5 Å². The van der Waals surface area contributed by atoms with Crippen molar-refractivity contribution in [2.24, 2.45) is 5.73 Å². The summed E-state index contributed by atoms with van der Waals surface area (Å²) in [6.45, 7) is 0. The van der Waals surface area contributed by atoms with Crippen molar-refractivity contribution < 1.29 is 38.7 Å². The van der Waals surface area contributed by atoms with E-state index in [1.807, 2.05) is 0 Å². The third kappa shape index (κ3) is 7.88. The van der Waals surface area contributed by atoms with Crippen LogP contribution in [0.1, 0.15) is 18.5 Å². The highest BCUT2D eigenvalue weighted by Crippen LogP contribution is 2.09. The van der Waals surface area contributed by atoms with E-state index in [1.54, 1.807) is 14.1 Å². The fraction of sp³-hybridized carbons (Fsp3) is 0.562. The minimum atomic E-state index is -1.93. The van der Waals surface area contributed by atoms with Gasteiger partial charge in [0, 0.05) is 24.7 Å². The zero-order valence-corrected chi connectivity index (χ0v) is 17.2. The van der Waals surface area contributed by atoms with Crippen LogP contribution in [0.5, 0.6) is 0 Å². The van der Waals surface area contributed by atoms with Crippen molar-refractivity contribution in [3.8, 4) is 0 Å². The molecule has 0 aliphatic heterocycles. The Morgan fingerprint density at radius 3 is 2.33 bits per heavy atom. The molecule has 0 bridgehead atoms. The van der Waals surface area contributed by atoms with E-state index in [2.05, 4.69) is 15.3 Å². The molecule has 14 heteroatoms. The number of imidazole rings is 1. The molecule has 0 spiro atoms. The highest BCUT2D eigenvalue weighted by atomic mass is 32.2. The smallest absolute Gasteiger partial charge is 0.327 e. The number of amides is 1. The van der Waals surface area contributed by atoms with E-state index >= 15 is 0 Å². The van der Waals surface area contributed by atoms with E-state index in [4.69, 9.17) is 10.8 Å². The van der Waals surface area contributed by atoms with E-state index in [0.717, 1.165) is 0 Å². The number of carboxylic acid groups (broad SMARTS) is 3. The molecule has 1 heterocycles. The van der Waals surface area contributed by atoms with Crippen LogP contribution >= 0.6 is 0 Å². The van der Waals surface area contributed by atoms with Gasteiger partial charge in [-0.05, 0) is 20.5 Å². The van der Waals surface area contributed by atoms with Gasteiger partial charge >= 0.3 is 17.9 Å². The fourth-order valence-corrected chi connectivity index (χ4v) is 3.44. The largest absolute Gasteiger partial charge is 0.480 e. The lowest BCUT2D eigenvalue weighted by atomic mass is 10.1. The minimum absolute atomic E-state index is 0.0544. The van der Waals surface area contributed by atoms with Gasteiger partial charge in [-0.15, -0.1) is 0 Å². The first kappa shape index (κ1) is 25.2. The molecule has 1 aromatic heterocycles. The Morgan fingerprint density at radius 2 is 1.83 bits per heavy atom. The number of nitrogens with one attached hydrogen (secondary N) is 2. The van der Waals surface area contributed by atoms with Gasteiger partial charge in [0.25, 0.3) is 0 Å². The molecule has 1 rings (SSSR count). The molecule has 0 aliphatic carbocycles. The fourth-order valence-electron chi connectivity index (χ4n) is 2.34. The summed E-state index contributed by atoms with van der Waals surface area (Å²) in [6.07, 6.45) is 0.883. The summed E-state index contributed by atoms with van der Waals surface area (Å²) in [7, 11) is 1.26. The molecular formula is C16H25N5O8S. The number of hydrogen-bond donors (Lipinski definition) is 6. The van der Waals surface area contributed by atoms with Crippen LogP contribution in [0.4, 0.5) is 0 Å². The van der Waals surface area contributed by atoms with E-state index in [9.17, 15) is 33.6 Å². The average molecular weight is 447 g/mol. The number of carbonyl (C=O) groups is 4. The third-order valence-corrected chi connectivity index (χ3v) is 5.37. The molecule has 1 unspecified atom stereocenters. The Bertz CT molecular complexity index is 811. The number of likely N-dealkylation sites (N-methyl/N-ethyl adjacent to an activating group) is 1. The first-order valence-corrected chi connectivity index (χ1v) is 10.1. The number of carbonyl (C=O) groups excluding carboxylic acids is 1. The van der Waals surface area contributed by atoms with Crippen LogP contribution in [0.3, 0.4) is 0 Å².